The van der Waals surface area contributed by atoms with Gasteiger partial charge in [-0.15, -0.1) is 0 Å². The minimum absolute atomic E-state index is 0.237. The van der Waals surface area contributed by atoms with E-state index < -0.39 is 0 Å². The Balaban J connectivity index is 1.98. The number of hydrogen-bond donors (Lipinski definition) is 2. The highest BCUT2D eigenvalue weighted by molar-refractivity contribution is 5.51. The lowest BCUT2D eigenvalue weighted by atomic mass is 10.0. The molecular formula is C21H32N4O3. The van der Waals surface area contributed by atoms with Crippen LogP contribution in [0.5, 0.6) is 17.2 Å². The topological polar surface area (TPSA) is 91.5 Å². The number of rotatable bonds is 12. The van der Waals surface area contributed by atoms with Crippen LogP contribution in [0.2, 0.25) is 0 Å². The number of nitrogens with zero attached hydrogens (tertiary/aromatic N) is 2. The van der Waals surface area contributed by atoms with E-state index in [0.29, 0.717) is 18.2 Å². The third-order valence-electron chi connectivity index (χ3n) is 4.52. The van der Waals surface area contributed by atoms with Gasteiger partial charge < -0.3 is 25.3 Å². The average molecular weight is 389 g/mol. The van der Waals surface area contributed by atoms with Crippen molar-refractivity contribution in [3.8, 4) is 17.2 Å². The summed E-state index contributed by atoms with van der Waals surface area (Å²) in [5.41, 5.74) is 7.95. The number of benzene rings is 1. The van der Waals surface area contributed by atoms with E-state index in [4.69, 9.17) is 19.9 Å². The number of nitrogens with one attached hydrogen (secondary N) is 1. The Bertz CT molecular complexity index is 753. The number of hydrogen-bond acceptors (Lipinski definition) is 7. The van der Waals surface area contributed by atoms with E-state index >= 15 is 0 Å². The average Bonchev–Trinajstić information content (AvgIpc) is 2.71. The number of nitrogen functional groups attached to an aromatic ring is 1. The van der Waals surface area contributed by atoms with Crippen LogP contribution in [0.1, 0.15) is 44.2 Å². The second-order valence-electron chi connectivity index (χ2n) is 6.47. The molecule has 0 aliphatic heterocycles. The van der Waals surface area contributed by atoms with E-state index in [-0.39, 0.29) is 5.95 Å². The summed E-state index contributed by atoms with van der Waals surface area (Å²) in [6.07, 6.45) is 6.32. The summed E-state index contributed by atoms with van der Waals surface area (Å²) in [6, 6.07) is 4.06. The number of aryl methyl sites for hydroxylation is 1. The van der Waals surface area contributed by atoms with E-state index in [9.17, 15) is 0 Å². The molecule has 7 nitrogen and oxygen atoms in total. The van der Waals surface area contributed by atoms with E-state index in [1.54, 1.807) is 20.4 Å². The number of aromatic nitrogens is 2. The quantitative estimate of drug-likeness (QED) is 0.533. The maximum Gasteiger partial charge on any atom is 0.222 e. The van der Waals surface area contributed by atoms with Gasteiger partial charge in [0.2, 0.25) is 5.95 Å². The molecule has 7 heteroatoms. The SMILES string of the molecule is CCCCNc1nc(N)ncc1OCCCc1ccc(OC)c(CC)c1OC. The molecule has 0 amide bonds. The van der Waals surface area contributed by atoms with Gasteiger partial charge in [-0.25, -0.2) is 4.98 Å². The highest BCUT2D eigenvalue weighted by Gasteiger charge is 2.13. The molecule has 0 aliphatic rings. The third-order valence-corrected chi connectivity index (χ3v) is 4.52. The summed E-state index contributed by atoms with van der Waals surface area (Å²) in [7, 11) is 3.39. The van der Waals surface area contributed by atoms with Crippen LogP contribution in [-0.4, -0.2) is 37.3 Å². The number of anilines is 2. The molecule has 154 valence electrons. The predicted molar refractivity (Wildman–Crippen MR) is 113 cm³/mol. The van der Waals surface area contributed by atoms with Crippen molar-refractivity contribution in [1.82, 2.24) is 9.97 Å². The van der Waals surface area contributed by atoms with Gasteiger partial charge in [0.1, 0.15) is 11.5 Å². The first-order valence-corrected chi connectivity index (χ1v) is 9.86. The van der Waals surface area contributed by atoms with Crippen LogP contribution >= 0.6 is 0 Å². The van der Waals surface area contributed by atoms with Gasteiger partial charge in [-0.05, 0) is 37.3 Å². The molecule has 0 spiro atoms. The minimum atomic E-state index is 0.237. The zero-order valence-electron chi connectivity index (χ0n) is 17.4. The lowest BCUT2D eigenvalue weighted by molar-refractivity contribution is 0.309. The van der Waals surface area contributed by atoms with Crippen molar-refractivity contribution in [3.05, 3.63) is 29.5 Å². The number of ether oxygens (including phenoxy) is 3. The van der Waals surface area contributed by atoms with E-state index in [1.807, 2.05) is 6.07 Å². The molecule has 0 saturated heterocycles. The fourth-order valence-corrected chi connectivity index (χ4v) is 3.08. The van der Waals surface area contributed by atoms with Gasteiger partial charge in [0.05, 0.1) is 27.0 Å². The first kappa shape index (κ1) is 21.6. The smallest absolute Gasteiger partial charge is 0.222 e. The van der Waals surface area contributed by atoms with Crippen molar-refractivity contribution in [1.29, 1.82) is 0 Å². The molecule has 0 aliphatic carbocycles. The monoisotopic (exact) mass is 388 g/mol. The van der Waals surface area contributed by atoms with Crippen LogP contribution in [0.4, 0.5) is 11.8 Å². The Morgan fingerprint density at radius 2 is 1.89 bits per heavy atom. The summed E-state index contributed by atoms with van der Waals surface area (Å²) < 4.78 is 17.0. The van der Waals surface area contributed by atoms with Gasteiger partial charge in [0.15, 0.2) is 11.6 Å². The molecule has 0 bridgehead atoms. The molecule has 3 N–H and O–H groups in total. The Hall–Kier alpha value is -2.70. The third kappa shape index (κ3) is 5.65. The zero-order chi connectivity index (χ0) is 20.4. The van der Waals surface area contributed by atoms with Crippen molar-refractivity contribution in [2.24, 2.45) is 0 Å². The first-order chi connectivity index (χ1) is 13.6. The molecule has 2 aromatic rings. The van der Waals surface area contributed by atoms with Crippen molar-refractivity contribution in [2.75, 3.05) is 38.4 Å². The zero-order valence-corrected chi connectivity index (χ0v) is 17.4. The van der Waals surface area contributed by atoms with Gasteiger partial charge in [-0.1, -0.05) is 26.3 Å². The van der Waals surface area contributed by atoms with Crippen molar-refractivity contribution < 1.29 is 14.2 Å². The minimum Gasteiger partial charge on any atom is -0.496 e. The highest BCUT2D eigenvalue weighted by Crippen LogP contribution is 2.33. The number of methoxy groups -OCH3 is 2. The van der Waals surface area contributed by atoms with Crippen LogP contribution in [0.25, 0.3) is 0 Å². The van der Waals surface area contributed by atoms with E-state index in [2.05, 4.69) is 35.2 Å². The summed E-state index contributed by atoms with van der Waals surface area (Å²) in [5, 5.41) is 3.27. The summed E-state index contributed by atoms with van der Waals surface area (Å²) in [4.78, 5) is 8.29. The second kappa shape index (κ2) is 11.2. The van der Waals surface area contributed by atoms with Gasteiger partial charge in [0.25, 0.3) is 0 Å². The van der Waals surface area contributed by atoms with Crippen molar-refractivity contribution in [3.63, 3.8) is 0 Å². The van der Waals surface area contributed by atoms with Crippen LogP contribution < -0.4 is 25.3 Å². The summed E-state index contributed by atoms with van der Waals surface area (Å²) in [5.74, 6) is 3.28. The van der Waals surface area contributed by atoms with E-state index in [1.165, 1.54) is 0 Å². The summed E-state index contributed by atoms with van der Waals surface area (Å²) in [6.45, 7) is 5.62. The number of nitrogens with two attached hydrogens (primary N) is 1. The standard InChI is InChI=1S/C21H32N4O3/c1-5-7-12-23-20-18(14-24-21(22)25-20)28-13-8-9-15-10-11-17(26-3)16(6-2)19(15)27-4/h10-11,14H,5-9,12-13H2,1-4H3,(H3,22,23,24,25). The van der Waals surface area contributed by atoms with Gasteiger partial charge in [0, 0.05) is 12.1 Å². The predicted octanol–water partition coefficient (Wildman–Crippen LogP) is 3.86. The second-order valence-corrected chi connectivity index (χ2v) is 6.47. The normalized spacial score (nSPS) is 10.6. The summed E-state index contributed by atoms with van der Waals surface area (Å²) >= 11 is 0. The molecule has 0 saturated carbocycles. The van der Waals surface area contributed by atoms with Gasteiger partial charge in [-0.3, -0.25) is 0 Å². The van der Waals surface area contributed by atoms with Crippen LogP contribution in [0.15, 0.2) is 18.3 Å². The van der Waals surface area contributed by atoms with Crippen LogP contribution in [-0.2, 0) is 12.8 Å². The maximum atomic E-state index is 5.91. The molecule has 0 fully saturated rings. The Morgan fingerprint density at radius 1 is 1.07 bits per heavy atom. The highest BCUT2D eigenvalue weighted by atomic mass is 16.5. The number of unbranched alkanes of at least 4 members (excludes halogenated alkanes) is 1. The van der Waals surface area contributed by atoms with Crippen LogP contribution in [0.3, 0.4) is 0 Å². The first-order valence-electron chi connectivity index (χ1n) is 9.86. The molecule has 2 rings (SSSR count). The van der Waals surface area contributed by atoms with Gasteiger partial charge in [-0.2, -0.15) is 4.98 Å². The van der Waals surface area contributed by atoms with Crippen molar-refractivity contribution >= 4 is 11.8 Å². The molecule has 1 heterocycles. The van der Waals surface area contributed by atoms with Crippen molar-refractivity contribution in [2.45, 2.75) is 46.0 Å². The largest absolute Gasteiger partial charge is 0.496 e. The maximum absolute atomic E-state index is 5.91. The molecule has 0 unspecified atom stereocenters. The Morgan fingerprint density at radius 3 is 2.57 bits per heavy atom. The Labute approximate surface area is 167 Å². The molecule has 1 aromatic heterocycles. The van der Waals surface area contributed by atoms with E-state index in [0.717, 1.165) is 61.3 Å². The van der Waals surface area contributed by atoms with Gasteiger partial charge >= 0.3 is 0 Å². The van der Waals surface area contributed by atoms with Crippen LogP contribution in [0, 0.1) is 0 Å². The molecular weight excluding hydrogens is 356 g/mol. The molecule has 28 heavy (non-hydrogen) atoms. The lowest BCUT2D eigenvalue weighted by Crippen LogP contribution is -2.09. The Kier molecular flexibility index (Phi) is 8.65. The molecule has 0 radical (unpaired) electrons. The fraction of sp³-hybridized carbons (Fsp3) is 0.524. The molecule has 0 atom stereocenters. The lowest BCUT2D eigenvalue weighted by Gasteiger charge is -2.16. The molecule has 1 aromatic carbocycles. The fourth-order valence-electron chi connectivity index (χ4n) is 3.08.